The Hall–Kier alpha value is -4.13. The minimum atomic E-state index is -1.12. The number of carbonyl (C=O) groups is 3. The molecule has 0 saturated heterocycles. The summed E-state index contributed by atoms with van der Waals surface area (Å²) < 4.78 is 5.58. The molecule has 0 spiro atoms. The van der Waals surface area contributed by atoms with Crippen LogP contribution >= 0.6 is 0 Å². The van der Waals surface area contributed by atoms with Crippen LogP contribution in [0.5, 0.6) is 0 Å². The van der Waals surface area contributed by atoms with Crippen LogP contribution in [0.1, 0.15) is 30.9 Å². The first-order valence-corrected chi connectivity index (χ1v) is 11.6. The molecule has 7 heteroatoms. The van der Waals surface area contributed by atoms with Gasteiger partial charge in [0, 0.05) is 17.6 Å². The van der Waals surface area contributed by atoms with Crippen LogP contribution in [0, 0.1) is 5.92 Å². The van der Waals surface area contributed by atoms with E-state index in [1.807, 2.05) is 36.4 Å². The number of benzene rings is 3. The van der Waals surface area contributed by atoms with E-state index in [-0.39, 0.29) is 12.5 Å². The number of amides is 2. The Morgan fingerprint density at radius 2 is 1.43 bits per heavy atom. The van der Waals surface area contributed by atoms with Gasteiger partial charge in [-0.2, -0.15) is 0 Å². The number of hydrogen-bond acceptors (Lipinski definition) is 4. The van der Waals surface area contributed by atoms with Crippen LogP contribution in [-0.2, 0) is 14.3 Å². The molecule has 2 N–H and O–H groups in total. The highest BCUT2D eigenvalue weighted by Gasteiger charge is 2.31. The molecule has 35 heavy (non-hydrogen) atoms. The van der Waals surface area contributed by atoms with Crippen molar-refractivity contribution >= 4 is 23.7 Å². The normalized spacial score (nSPS) is 13.8. The Morgan fingerprint density at radius 3 is 2.00 bits per heavy atom. The maximum atomic E-state index is 13.1. The molecule has 0 radical (unpaired) electrons. The number of nitrogens with zero attached hydrogens (tertiary/aromatic N) is 1. The number of ether oxygens (including phenoxy) is 1. The first-order valence-electron chi connectivity index (χ1n) is 11.6. The molecule has 3 aromatic rings. The predicted octanol–water partition coefficient (Wildman–Crippen LogP) is 4.67. The van der Waals surface area contributed by atoms with Gasteiger partial charge in [0.25, 0.3) is 0 Å². The number of alkyl carbamates (subject to hydrolysis) is 1. The maximum absolute atomic E-state index is 13.1. The molecule has 4 rings (SSSR count). The lowest BCUT2D eigenvalue weighted by atomic mass is 9.98. The number of para-hydroxylation sites is 1. The van der Waals surface area contributed by atoms with Crippen molar-refractivity contribution in [2.24, 2.45) is 5.92 Å². The van der Waals surface area contributed by atoms with E-state index in [2.05, 4.69) is 17.4 Å². The molecular weight excluding hydrogens is 444 g/mol. The largest absolute Gasteiger partial charge is 0.480 e. The van der Waals surface area contributed by atoms with Gasteiger partial charge in [-0.25, -0.2) is 4.79 Å². The first-order chi connectivity index (χ1) is 16.9. The van der Waals surface area contributed by atoms with E-state index < -0.39 is 36.5 Å². The second kappa shape index (κ2) is 10.4. The number of rotatable bonds is 8. The molecule has 0 saturated carbocycles. The van der Waals surface area contributed by atoms with Crippen molar-refractivity contribution in [2.45, 2.75) is 25.8 Å². The number of carboxylic acids is 1. The number of fused-ring (bicyclic) bond motifs is 3. The Balaban J connectivity index is 1.39. The molecular formula is C28H28N2O5. The molecule has 0 bridgehead atoms. The molecule has 2 atom stereocenters. The SMILES string of the molecule is CC(NC(=O)OCC1c2ccccc2-c2ccccc21)C(C)C(=O)N(CC(=O)O)c1ccccc1. The zero-order valence-corrected chi connectivity index (χ0v) is 19.7. The van der Waals surface area contributed by atoms with E-state index >= 15 is 0 Å². The fourth-order valence-electron chi connectivity index (χ4n) is 4.45. The minimum absolute atomic E-state index is 0.0633. The molecule has 2 amide bonds. The zero-order valence-electron chi connectivity index (χ0n) is 19.7. The smallest absolute Gasteiger partial charge is 0.407 e. The van der Waals surface area contributed by atoms with Gasteiger partial charge in [0.05, 0.1) is 5.92 Å². The highest BCUT2D eigenvalue weighted by Crippen LogP contribution is 2.44. The molecule has 0 heterocycles. The number of anilines is 1. The number of carbonyl (C=O) groups excluding carboxylic acids is 2. The lowest BCUT2D eigenvalue weighted by molar-refractivity contribution is -0.137. The summed E-state index contributed by atoms with van der Waals surface area (Å²) >= 11 is 0. The monoisotopic (exact) mass is 472 g/mol. The lowest BCUT2D eigenvalue weighted by Gasteiger charge is -2.28. The summed E-state index contributed by atoms with van der Waals surface area (Å²) in [6.07, 6.45) is -0.622. The third-order valence-electron chi connectivity index (χ3n) is 6.46. The average Bonchev–Trinajstić information content (AvgIpc) is 3.19. The summed E-state index contributed by atoms with van der Waals surface area (Å²) in [5, 5.41) is 12.0. The predicted molar refractivity (Wildman–Crippen MR) is 133 cm³/mol. The Kier molecular flexibility index (Phi) is 7.15. The number of carboxylic acid groups (broad SMARTS) is 1. The maximum Gasteiger partial charge on any atom is 0.407 e. The van der Waals surface area contributed by atoms with Crippen molar-refractivity contribution in [3.63, 3.8) is 0 Å². The van der Waals surface area contributed by atoms with Crippen molar-refractivity contribution in [3.05, 3.63) is 90.0 Å². The van der Waals surface area contributed by atoms with E-state index in [4.69, 9.17) is 4.74 Å². The minimum Gasteiger partial charge on any atom is -0.480 e. The third kappa shape index (κ3) is 5.19. The molecule has 2 unspecified atom stereocenters. The molecule has 1 aliphatic carbocycles. The second-order valence-corrected chi connectivity index (χ2v) is 8.70. The van der Waals surface area contributed by atoms with E-state index in [0.29, 0.717) is 5.69 Å². The molecule has 7 nitrogen and oxygen atoms in total. The highest BCUT2D eigenvalue weighted by molar-refractivity contribution is 5.99. The van der Waals surface area contributed by atoms with Gasteiger partial charge in [-0.05, 0) is 41.3 Å². The van der Waals surface area contributed by atoms with E-state index in [1.165, 1.54) is 4.90 Å². The quantitative estimate of drug-likeness (QED) is 0.497. The Labute approximate surface area is 204 Å². The summed E-state index contributed by atoms with van der Waals surface area (Å²) in [5.41, 5.74) is 5.00. The van der Waals surface area contributed by atoms with Crippen LogP contribution in [0.4, 0.5) is 10.5 Å². The van der Waals surface area contributed by atoms with Gasteiger partial charge in [-0.15, -0.1) is 0 Å². The van der Waals surface area contributed by atoms with Gasteiger partial charge in [-0.1, -0.05) is 73.7 Å². The third-order valence-corrected chi connectivity index (χ3v) is 6.46. The van der Waals surface area contributed by atoms with Gasteiger partial charge < -0.3 is 20.1 Å². The van der Waals surface area contributed by atoms with Gasteiger partial charge in [0.2, 0.25) is 5.91 Å². The molecule has 0 aromatic heterocycles. The fraction of sp³-hybridized carbons (Fsp3) is 0.250. The van der Waals surface area contributed by atoms with E-state index in [0.717, 1.165) is 22.3 Å². The summed E-state index contributed by atoms with van der Waals surface area (Å²) in [6, 6.07) is 24.2. The number of aliphatic carboxylic acids is 1. The molecule has 180 valence electrons. The van der Waals surface area contributed by atoms with Crippen molar-refractivity contribution < 1.29 is 24.2 Å². The average molecular weight is 473 g/mol. The second-order valence-electron chi connectivity index (χ2n) is 8.70. The summed E-state index contributed by atoms with van der Waals surface area (Å²) in [7, 11) is 0. The number of nitrogens with one attached hydrogen (secondary N) is 1. The van der Waals surface area contributed by atoms with E-state index in [1.54, 1.807) is 44.2 Å². The molecule has 1 aliphatic rings. The first kappa shape index (κ1) is 24.0. The highest BCUT2D eigenvalue weighted by atomic mass is 16.5. The lowest BCUT2D eigenvalue weighted by Crippen LogP contribution is -2.47. The van der Waals surface area contributed by atoms with Crippen LogP contribution in [0.3, 0.4) is 0 Å². The van der Waals surface area contributed by atoms with Crippen LogP contribution in [0.2, 0.25) is 0 Å². The van der Waals surface area contributed by atoms with Gasteiger partial charge in [-0.3, -0.25) is 9.59 Å². The molecule has 3 aromatic carbocycles. The topological polar surface area (TPSA) is 95.9 Å². The summed E-state index contributed by atoms with van der Waals surface area (Å²) in [6.45, 7) is 3.07. The van der Waals surface area contributed by atoms with E-state index in [9.17, 15) is 19.5 Å². The van der Waals surface area contributed by atoms with Crippen LogP contribution in [0.15, 0.2) is 78.9 Å². The fourth-order valence-corrected chi connectivity index (χ4v) is 4.45. The van der Waals surface area contributed by atoms with Crippen molar-refractivity contribution in [1.29, 1.82) is 0 Å². The van der Waals surface area contributed by atoms with Crippen molar-refractivity contribution in [2.75, 3.05) is 18.1 Å². The zero-order chi connectivity index (χ0) is 24.9. The standard InChI is InChI=1S/C28H28N2O5/c1-18(27(33)30(16-26(31)32)20-10-4-3-5-11-20)19(2)29-28(34)35-17-25-23-14-8-6-12-21(23)22-13-7-9-15-24(22)25/h3-15,18-19,25H,16-17H2,1-2H3,(H,29,34)(H,31,32). The van der Waals surface area contributed by atoms with Crippen molar-refractivity contribution in [1.82, 2.24) is 5.32 Å². The molecule has 0 aliphatic heterocycles. The van der Waals surface area contributed by atoms with Crippen LogP contribution < -0.4 is 10.2 Å². The van der Waals surface area contributed by atoms with Gasteiger partial charge in [0.1, 0.15) is 13.2 Å². The summed E-state index contributed by atoms with van der Waals surface area (Å²) in [4.78, 5) is 38.3. The Morgan fingerprint density at radius 1 is 0.886 bits per heavy atom. The Bertz CT molecular complexity index is 1180. The molecule has 0 fully saturated rings. The van der Waals surface area contributed by atoms with Gasteiger partial charge >= 0.3 is 12.1 Å². The van der Waals surface area contributed by atoms with Crippen LogP contribution in [-0.4, -0.2) is 42.3 Å². The van der Waals surface area contributed by atoms with Crippen LogP contribution in [0.25, 0.3) is 11.1 Å². The van der Waals surface area contributed by atoms with Crippen molar-refractivity contribution in [3.8, 4) is 11.1 Å². The van der Waals surface area contributed by atoms with Gasteiger partial charge in [0.15, 0.2) is 0 Å². The summed E-state index contributed by atoms with van der Waals surface area (Å²) in [5.74, 6) is -2.25. The number of hydrogen-bond donors (Lipinski definition) is 2.